The van der Waals surface area contributed by atoms with Crippen LogP contribution in [-0.2, 0) is 11.3 Å². The molecule has 32 heavy (non-hydrogen) atoms. The van der Waals surface area contributed by atoms with Gasteiger partial charge in [0.05, 0.1) is 5.92 Å². The maximum atomic E-state index is 13.0. The van der Waals surface area contributed by atoms with E-state index in [0.29, 0.717) is 42.5 Å². The van der Waals surface area contributed by atoms with Gasteiger partial charge in [0.25, 0.3) is 5.91 Å². The molecule has 164 valence electrons. The van der Waals surface area contributed by atoms with E-state index in [1.54, 1.807) is 18.2 Å². The van der Waals surface area contributed by atoms with Gasteiger partial charge in [-0.3, -0.25) is 9.59 Å². The minimum absolute atomic E-state index is 0.123. The van der Waals surface area contributed by atoms with Gasteiger partial charge in [0.15, 0.2) is 11.5 Å². The van der Waals surface area contributed by atoms with Crippen LogP contribution in [0.4, 0.5) is 10.1 Å². The lowest BCUT2D eigenvalue weighted by molar-refractivity contribution is -0.122. The molecule has 0 aromatic heterocycles. The second-order valence-electron chi connectivity index (χ2n) is 7.50. The molecule has 0 saturated heterocycles. The molecule has 3 aromatic carbocycles. The van der Waals surface area contributed by atoms with Crippen molar-refractivity contribution in [2.24, 2.45) is 0 Å². The largest absolute Gasteiger partial charge is 0.486 e. The summed E-state index contributed by atoms with van der Waals surface area (Å²) in [4.78, 5) is 25.0. The molecule has 1 heterocycles. The summed E-state index contributed by atoms with van der Waals surface area (Å²) in [5, 5.41) is 5.71. The van der Waals surface area contributed by atoms with Crippen molar-refractivity contribution < 1.29 is 23.5 Å². The lowest BCUT2D eigenvalue weighted by Gasteiger charge is -2.20. The monoisotopic (exact) mass is 434 g/mol. The Bertz CT molecular complexity index is 1130. The Balaban J connectivity index is 1.35. The summed E-state index contributed by atoms with van der Waals surface area (Å²) < 4.78 is 24.2. The number of nitrogens with one attached hydrogen (secondary N) is 2. The summed E-state index contributed by atoms with van der Waals surface area (Å²) in [6, 6.07) is 18.1. The molecule has 2 amide bonds. The number of carbonyl (C=O) groups excluding carboxylic acids is 2. The quantitative estimate of drug-likeness (QED) is 0.608. The molecule has 4 rings (SSSR count). The predicted molar refractivity (Wildman–Crippen MR) is 118 cm³/mol. The van der Waals surface area contributed by atoms with Gasteiger partial charge in [-0.05, 0) is 66.6 Å². The van der Waals surface area contributed by atoms with Crippen molar-refractivity contribution in [1.29, 1.82) is 0 Å². The third-order valence-corrected chi connectivity index (χ3v) is 5.22. The first-order valence-corrected chi connectivity index (χ1v) is 10.3. The lowest BCUT2D eigenvalue weighted by Crippen LogP contribution is -2.27. The van der Waals surface area contributed by atoms with Gasteiger partial charge < -0.3 is 20.1 Å². The van der Waals surface area contributed by atoms with Crippen LogP contribution in [0.2, 0.25) is 0 Å². The summed E-state index contributed by atoms with van der Waals surface area (Å²) in [6.45, 7) is 3.16. The molecule has 6 nitrogen and oxygen atoms in total. The number of amides is 2. The average molecular weight is 434 g/mol. The highest BCUT2D eigenvalue weighted by Crippen LogP contribution is 2.33. The number of halogens is 1. The zero-order valence-electron chi connectivity index (χ0n) is 17.6. The highest BCUT2D eigenvalue weighted by molar-refractivity contribution is 6.04. The van der Waals surface area contributed by atoms with Gasteiger partial charge in [0.1, 0.15) is 19.0 Å². The summed E-state index contributed by atoms with van der Waals surface area (Å²) in [6.07, 6.45) is 0. The van der Waals surface area contributed by atoms with E-state index in [4.69, 9.17) is 9.47 Å². The number of hydrogen-bond acceptors (Lipinski definition) is 4. The summed E-state index contributed by atoms with van der Waals surface area (Å²) in [5.41, 5.74) is 2.63. The highest BCUT2D eigenvalue weighted by atomic mass is 19.1. The van der Waals surface area contributed by atoms with E-state index in [0.717, 1.165) is 11.1 Å². The van der Waals surface area contributed by atoms with Crippen LogP contribution in [-0.4, -0.2) is 25.0 Å². The Morgan fingerprint density at radius 1 is 0.969 bits per heavy atom. The Labute approximate surface area is 185 Å². The molecule has 0 radical (unpaired) electrons. The molecule has 3 aromatic rings. The van der Waals surface area contributed by atoms with E-state index < -0.39 is 5.82 Å². The topological polar surface area (TPSA) is 76.7 Å². The van der Waals surface area contributed by atoms with Gasteiger partial charge in [0.2, 0.25) is 5.91 Å². The number of anilines is 1. The summed E-state index contributed by atoms with van der Waals surface area (Å²) >= 11 is 0. The molecular weight excluding hydrogens is 411 g/mol. The smallest absolute Gasteiger partial charge is 0.255 e. The van der Waals surface area contributed by atoms with Crippen molar-refractivity contribution in [2.75, 3.05) is 18.5 Å². The van der Waals surface area contributed by atoms with Gasteiger partial charge >= 0.3 is 0 Å². The van der Waals surface area contributed by atoms with Crippen LogP contribution >= 0.6 is 0 Å². The third kappa shape index (κ3) is 5.06. The number of hydrogen-bond donors (Lipinski definition) is 2. The van der Waals surface area contributed by atoms with Gasteiger partial charge in [-0.1, -0.05) is 18.2 Å². The van der Waals surface area contributed by atoms with Crippen LogP contribution in [0.5, 0.6) is 11.5 Å². The van der Waals surface area contributed by atoms with Crippen LogP contribution in [0.25, 0.3) is 0 Å². The Kier molecular flexibility index (Phi) is 6.35. The molecule has 0 saturated carbocycles. The molecule has 1 unspecified atom stereocenters. The molecule has 0 bridgehead atoms. The summed E-state index contributed by atoms with van der Waals surface area (Å²) in [5.74, 6) is 0.114. The fraction of sp³-hybridized carbons (Fsp3) is 0.200. The Morgan fingerprint density at radius 3 is 2.50 bits per heavy atom. The molecule has 1 aliphatic rings. The maximum Gasteiger partial charge on any atom is 0.255 e. The number of ether oxygens (including phenoxy) is 2. The van der Waals surface area contributed by atoms with E-state index in [2.05, 4.69) is 10.6 Å². The first kappa shape index (κ1) is 21.4. The average Bonchev–Trinajstić information content (AvgIpc) is 2.82. The molecule has 0 aliphatic carbocycles. The molecule has 0 fully saturated rings. The van der Waals surface area contributed by atoms with Crippen molar-refractivity contribution >= 4 is 17.5 Å². The van der Waals surface area contributed by atoms with E-state index in [9.17, 15) is 14.0 Å². The first-order chi connectivity index (χ1) is 15.5. The standard InChI is InChI=1S/C25H23FN2O4/c1-16(19-7-10-22-23(14-19)32-12-11-31-22)24(29)27-15-17-3-2-4-21(13-17)28-25(30)18-5-8-20(26)9-6-18/h2-10,13-14,16H,11-12,15H2,1H3,(H,27,29)(H,28,30). The fourth-order valence-corrected chi connectivity index (χ4v) is 3.39. The van der Waals surface area contributed by atoms with Crippen molar-refractivity contribution in [3.05, 3.63) is 89.2 Å². The molecule has 1 atom stereocenters. The number of fused-ring (bicyclic) bond motifs is 1. The maximum absolute atomic E-state index is 13.0. The third-order valence-electron chi connectivity index (χ3n) is 5.22. The zero-order valence-corrected chi connectivity index (χ0v) is 17.6. The SMILES string of the molecule is CC(C(=O)NCc1cccc(NC(=O)c2ccc(F)cc2)c1)c1ccc2c(c1)OCCO2. The zero-order chi connectivity index (χ0) is 22.5. The molecule has 7 heteroatoms. The normalized spacial score (nSPS) is 13.2. The molecular formula is C25H23FN2O4. The van der Waals surface area contributed by atoms with Crippen molar-refractivity contribution in [3.8, 4) is 11.5 Å². The van der Waals surface area contributed by atoms with E-state index in [1.165, 1.54) is 24.3 Å². The van der Waals surface area contributed by atoms with Crippen LogP contribution in [0, 0.1) is 5.82 Å². The second kappa shape index (κ2) is 9.51. The van der Waals surface area contributed by atoms with Crippen molar-refractivity contribution in [3.63, 3.8) is 0 Å². The van der Waals surface area contributed by atoms with Gasteiger partial charge in [0, 0.05) is 17.8 Å². The van der Waals surface area contributed by atoms with Crippen LogP contribution in [0.1, 0.15) is 34.3 Å². The minimum Gasteiger partial charge on any atom is -0.486 e. The van der Waals surface area contributed by atoms with E-state index in [-0.39, 0.29) is 17.7 Å². The predicted octanol–water partition coefficient (Wildman–Crippen LogP) is 4.27. The van der Waals surface area contributed by atoms with Gasteiger partial charge in [-0.2, -0.15) is 0 Å². The molecule has 2 N–H and O–H groups in total. The van der Waals surface area contributed by atoms with Crippen molar-refractivity contribution in [2.45, 2.75) is 19.4 Å². The van der Waals surface area contributed by atoms with Crippen LogP contribution in [0.3, 0.4) is 0 Å². The first-order valence-electron chi connectivity index (χ1n) is 10.3. The van der Waals surface area contributed by atoms with Crippen LogP contribution in [0.15, 0.2) is 66.7 Å². The van der Waals surface area contributed by atoms with E-state index >= 15 is 0 Å². The van der Waals surface area contributed by atoms with E-state index in [1.807, 2.05) is 31.2 Å². The highest BCUT2D eigenvalue weighted by Gasteiger charge is 2.19. The second-order valence-corrected chi connectivity index (χ2v) is 7.50. The number of carbonyl (C=O) groups is 2. The van der Waals surface area contributed by atoms with Gasteiger partial charge in [-0.15, -0.1) is 0 Å². The molecule has 0 spiro atoms. The van der Waals surface area contributed by atoms with Crippen molar-refractivity contribution in [1.82, 2.24) is 5.32 Å². The Hall–Kier alpha value is -3.87. The van der Waals surface area contributed by atoms with Gasteiger partial charge in [-0.25, -0.2) is 4.39 Å². The van der Waals surface area contributed by atoms with Crippen LogP contribution < -0.4 is 20.1 Å². The minimum atomic E-state index is -0.398. The summed E-state index contributed by atoms with van der Waals surface area (Å²) in [7, 11) is 0. The number of rotatable bonds is 6. The molecule has 1 aliphatic heterocycles. The number of benzene rings is 3. The fourth-order valence-electron chi connectivity index (χ4n) is 3.39. The Morgan fingerprint density at radius 2 is 1.72 bits per heavy atom. The lowest BCUT2D eigenvalue weighted by atomic mass is 9.99.